The summed E-state index contributed by atoms with van der Waals surface area (Å²) in [6.07, 6.45) is -4.92. The smallest absolute Gasteiger partial charge is 0.375 e. The van der Waals surface area contributed by atoms with Crippen LogP contribution in [0, 0.1) is 0 Å². The van der Waals surface area contributed by atoms with E-state index in [0.717, 1.165) is 10.8 Å². The lowest BCUT2D eigenvalue weighted by Gasteiger charge is -2.28. The highest BCUT2D eigenvalue weighted by Crippen LogP contribution is 2.56. The van der Waals surface area contributed by atoms with Crippen LogP contribution >= 0.6 is 21.6 Å². The first-order chi connectivity index (χ1) is 6.29. The van der Waals surface area contributed by atoms with Crippen molar-refractivity contribution in [2.45, 2.75) is 43.0 Å². The Hall–Kier alpha value is 0.450. The molecule has 84 valence electrons. The van der Waals surface area contributed by atoms with Gasteiger partial charge in [0.1, 0.15) is 5.25 Å². The highest BCUT2D eigenvalue weighted by Gasteiger charge is 2.56. The highest BCUT2D eigenvalue weighted by molar-refractivity contribution is 8.78. The van der Waals surface area contributed by atoms with Crippen LogP contribution in [0.4, 0.5) is 13.2 Å². The predicted octanol–water partition coefficient (Wildman–Crippen LogP) is 3.50. The molecule has 2 unspecified atom stereocenters. The van der Waals surface area contributed by atoms with Crippen molar-refractivity contribution in [3.63, 3.8) is 0 Å². The van der Waals surface area contributed by atoms with Crippen molar-refractivity contribution < 1.29 is 17.9 Å². The summed E-state index contributed by atoms with van der Waals surface area (Å²) in [5.41, 5.74) is 0. The first-order valence-electron chi connectivity index (χ1n) is 4.32. The van der Waals surface area contributed by atoms with Gasteiger partial charge in [0, 0.05) is 11.4 Å². The third-order valence-corrected chi connectivity index (χ3v) is 5.67. The molecule has 0 bridgehead atoms. The SMILES string of the molecule is CCOC1C(C(F)(F)F)SSC1(C)C. The van der Waals surface area contributed by atoms with Crippen LogP contribution in [-0.4, -0.2) is 28.9 Å². The molecule has 1 nitrogen and oxygen atoms in total. The van der Waals surface area contributed by atoms with Crippen molar-refractivity contribution in [2.75, 3.05) is 6.61 Å². The van der Waals surface area contributed by atoms with Gasteiger partial charge >= 0.3 is 6.18 Å². The maximum absolute atomic E-state index is 12.6. The standard InChI is InChI=1S/C8H13F3OS2/c1-4-12-5-6(8(9,10)11)13-14-7(5,2)3/h5-6H,4H2,1-3H3. The number of hydrogen-bond acceptors (Lipinski definition) is 3. The zero-order valence-electron chi connectivity index (χ0n) is 8.22. The fraction of sp³-hybridized carbons (Fsp3) is 1.00. The first kappa shape index (κ1) is 12.5. The van der Waals surface area contributed by atoms with E-state index < -0.39 is 22.3 Å². The topological polar surface area (TPSA) is 9.23 Å². The van der Waals surface area contributed by atoms with Crippen LogP contribution < -0.4 is 0 Å². The summed E-state index contributed by atoms with van der Waals surface area (Å²) >= 11 is 0. The molecule has 0 aromatic rings. The van der Waals surface area contributed by atoms with E-state index in [4.69, 9.17) is 4.74 Å². The number of alkyl halides is 3. The van der Waals surface area contributed by atoms with Gasteiger partial charge in [0.15, 0.2) is 0 Å². The van der Waals surface area contributed by atoms with E-state index in [1.807, 2.05) is 0 Å². The summed E-state index contributed by atoms with van der Waals surface area (Å²) in [6.45, 7) is 5.62. The molecule has 14 heavy (non-hydrogen) atoms. The summed E-state index contributed by atoms with van der Waals surface area (Å²) in [6, 6.07) is 0. The summed E-state index contributed by atoms with van der Waals surface area (Å²) in [7, 11) is 2.13. The van der Waals surface area contributed by atoms with Crippen molar-refractivity contribution in [3.05, 3.63) is 0 Å². The van der Waals surface area contributed by atoms with E-state index in [0.29, 0.717) is 6.61 Å². The molecule has 0 aromatic carbocycles. The number of halogens is 3. The fourth-order valence-corrected chi connectivity index (χ4v) is 4.67. The molecule has 0 N–H and O–H groups in total. The van der Waals surface area contributed by atoms with E-state index >= 15 is 0 Å². The van der Waals surface area contributed by atoms with Crippen molar-refractivity contribution in [1.82, 2.24) is 0 Å². The second-order valence-corrected chi connectivity index (χ2v) is 6.62. The zero-order chi connectivity index (χ0) is 11.0. The zero-order valence-corrected chi connectivity index (χ0v) is 9.85. The quantitative estimate of drug-likeness (QED) is 0.690. The lowest BCUT2D eigenvalue weighted by molar-refractivity contribution is -0.155. The molecule has 2 atom stereocenters. The Labute approximate surface area is 89.5 Å². The Balaban J connectivity index is 2.79. The maximum Gasteiger partial charge on any atom is 0.403 e. The van der Waals surface area contributed by atoms with Crippen LogP contribution in [0.3, 0.4) is 0 Å². The number of ether oxygens (including phenoxy) is 1. The monoisotopic (exact) mass is 246 g/mol. The second kappa shape index (κ2) is 4.14. The van der Waals surface area contributed by atoms with E-state index in [-0.39, 0.29) is 0 Å². The van der Waals surface area contributed by atoms with Crippen molar-refractivity contribution in [2.24, 2.45) is 0 Å². The van der Waals surface area contributed by atoms with E-state index in [9.17, 15) is 13.2 Å². The molecule has 1 heterocycles. The van der Waals surface area contributed by atoms with Gasteiger partial charge in [-0.2, -0.15) is 13.2 Å². The Morgan fingerprint density at radius 1 is 1.36 bits per heavy atom. The predicted molar refractivity (Wildman–Crippen MR) is 54.5 cm³/mol. The van der Waals surface area contributed by atoms with E-state index in [1.54, 1.807) is 20.8 Å². The second-order valence-electron chi connectivity index (χ2n) is 3.62. The lowest BCUT2D eigenvalue weighted by atomic mass is 10.0. The van der Waals surface area contributed by atoms with Crippen molar-refractivity contribution in [1.29, 1.82) is 0 Å². The molecule has 1 aliphatic heterocycles. The molecular weight excluding hydrogens is 233 g/mol. The largest absolute Gasteiger partial charge is 0.403 e. The summed E-state index contributed by atoms with van der Waals surface area (Å²) in [5.74, 6) is 0. The van der Waals surface area contributed by atoms with Crippen LogP contribution in [0.2, 0.25) is 0 Å². The molecule has 1 aliphatic rings. The Kier molecular flexibility index (Phi) is 3.70. The molecule has 0 amide bonds. The van der Waals surface area contributed by atoms with Gasteiger partial charge in [-0.3, -0.25) is 0 Å². The van der Waals surface area contributed by atoms with Crippen molar-refractivity contribution in [3.8, 4) is 0 Å². The van der Waals surface area contributed by atoms with Gasteiger partial charge in [-0.15, -0.1) is 0 Å². The lowest BCUT2D eigenvalue weighted by Crippen LogP contribution is -2.44. The Morgan fingerprint density at radius 2 is 1.93 bits per heavy atom. The molecule has 0 aliphatic carbocycles. The number of hydrogen-bond donors (Lipinski definition) is 0. The van der Waals surface area contributed by atoms with Gasteiger partial charge in [-0.05, 0) is 20.8 Å². The minimum absolute atomic E-state index is 0.321. The molecule has 0 radical (unpaired) electrons. The first-order valence-corrected chi connectivity index (χ1v) is 6.53. The van der Waals surface area contributed by atoms with Crippen LogP contribution in [0.1, 0.15) is 20.8 Å². The molecule has 1 rings (SSSR count). The Morgan fingerprint density at radius 3 is 2.36 bits per heavy atom. The average molecular weight is 246 g/mol. The highest BCUT2D eigenvalue weighted by atomic mass is 33.1. The van der Waals surface area contributed by atoms with Crippen LogP contribution in [0.5, 0.6) is 0 Å². The average Bonchev–Trinajstić information content (AvgIpc) is 2.27. The molecular formula is C8H13F3OS2. The van der Waals surface area contributed by atoms with Gasteiger partial charge in [-0.1, -0.05) is 21.6 Å². The summed E-state index contributed by atoms with van der Waals surface area (Å²) in [4.78, 5) is 0. The minimum Gasteiger partial charge on any atom is -0.375 e. The van der Waals surface area contributed by atoms with E-state index in [2.05, 4.69) is 0 Å². The minimum atomic E-state index is -4.18. The normalized spacial score (nSPS) is 32.1. The molecule has 0 aromatic heterocycles. The van der Waals surface area contributed by atoms with Gasteiger partial charge in [0.05, 0.1) is 6.10 Å². The fourth-order valence-electron chi connectivity index (χ4n) is 1.33. The van der Waals surface area contributed by atoms with E-state index in [1.165, 1.54) is 10.8 Å². The Bertz CT molecular complexity index is 205. The van der Waals surface area contributed by atoms with Crippen molar-refractivity contribution >= 4 is 21.6 Å². The summed E-state index contributed by atoms with van der Waals surface area (Å²) in [5, 5.41) is -1.40. The molecule has 0 saturated carbocycles. The molecule has 1 fully saturated rings. The van der Waals surface area contributed by atoms with Crippen LogP contribution in [0.15, 0.2) is 0 Å². The van der Waals surface area contributed by atoms with Gasteiger partial charge in [0.25, 0.3) is 0 Å². The number of rotatable bonds is 2. The van der Waals surface area contributed by atoms with Gasteiger partial charge in [0.2, 0.25) is 0 Å². The van der Waals surface area contributed by atoms with Gasteiger partial charge in [-0.25, -0.2) is 0 Å². The van der Waals surface area contributed by atoms with Gasteiger partial charge < -0.3 is 4.74 Å². The molecule has 0 spiro atoms. The third kappa shape index (κ3) is 2.52. The summed E-state index contributed by atoms with van der Waals surface area (Å²) < 4.78 is 42.4. The van der Waals surface area contributed by atoms with Crippen LogP contribution in [0.25, 0.3) is 0 Å². The molecule has 6 heteroatoms. The molecule has 1 saturated heterocycles. The maximum atomic E-state index is 12.6. The van der Waals surface area contributed by atoms with Crippen LogP contribution in [-0.2, 0) is 4.74 Å². The third-order valence-electron chi connectivity index (χ3n) is 2.00.